The molecule has 1 spiro atoms. The van der Waals surface area contributed by atoms with E-state index in [9.17, 15) is 0 Å². The average Bonchev–Trinajstić information content (AvgIpc) is 3.70. The monoisotopic (exact) mass is 696 g/mol. The Labute approximate surface area is 309 Å². The minimum Gasteiger partial charge on any atom is -0.457 e. The maximum absolute atomic E-state index is 6.69. The van der Waals surface area contributed by atoms with Crippen LogP contribution in [0.1, 0.15) is 22.3 Å². The number of fused-ring (bicyclic) bond motifs is 14. The number of hydrogen-bond donors (Lipinski definition) is 0. The number of benzene rings is 6. The fraction of sp³-hybridized carbons (Fsp3) is 0.0213. The van der Waals surface area contributed by atoms with E-state index in [0.29, 0.717) is 0 Å². The molecule has 0 N–H and O–H groups in total. The van der Waals surface area contributed by atoms with Gasteiger partial charge in [0.2, 0.25) is 0 Å². The normalized spacial score (nSPS) is 14.2. The highest BCUT2D eigenvalue weighted by atomic mass is 32.2. The molecule has 2 aliphatic heterocycles. The van der Waals surface area contributed by atoms with Gasteiger partial charge < -0.3 is 14.2 Å². The van der Waals surface area contributed by atoms with Crippen molar-refractivity contribution in [3.63, 3.8) is 0 Å². The minimum atomic E-state index is -0.746. The van der Waals surface area contributed by atoms with E-state index in [2.05, 4.69) is 167 Å². The van der Waals surface area contributed by atoms with Gasteiger partial charge in [-0.15, -0.1) is 0 Å². The number of hydrogen-bond acceptors (Lipinski definition) is 5. The Morgan fingerprint density at radius 1 is 0.472 bits per heavy atom. The van der Waals surface area contributed by atoms with Crippen LogP contribution in [0.2, 0.25) is 0 Å². The van der Waals surface area contributed by atoms with Gasteiger partial charge in [0.25, 0.3) is 0 Å². The number of anilines is 3. The lowest BCUT2D eigenvalue weighted by Crippen LogP contribution is -2.32. The molecular formula is C47H28N4OS. The first-order valence-electron chi connectivity index (χ1n) is 17.8. The topological polar surface area (TPSA) is 43.2 Å². The first kappa shape index (κ1) is 29.0. The zero-order valence-electron chi connectivity index (χ0n) is 28.3. The predicted molar refractivity (Wildman–Crippen MR) is 213 cm³/mol. The van der Waals surface area contributed by atoms with Crippen LogP contribution < -0.4 is 9.64 Å². The number of ether oxygens (including phenoxy) is 1. The molecule has 9 aromatic rings. The molecule has 53 heavy (non-hydrogen) atoms. The van der Waals surface area contributed by atoms with Gasteiger partial charge in [-0.3, -0.25) is 9.97 Å². The zero-order valence-corrected chi connectivity index (χ0v) is 29.1. The number of rotatable bonds is 2. The molecule has 6 aromatic carbocycles. The molecule has 0 unspecified atom stereocenters. The van der Waals surface area contributed by atoms with E-state index < -0.39 is 5.41 Å². The lowest BCUT2D eigenvalue weighted by molar-refractivity contribution is 0.436. The maximum atomic E-state index is 6.69. The van der Waals surface area contributed by atoms with Crippen LogP contribution in [0.4, 0.5) is 17.1 Å². The minimum absolute atomic E-state index is 0.746. The predicted octanol–water partition coefficient (Wildman–Crippen LogP) is 12.0. The summed E-state index contributed by atoms with van der Waals surface area (Å²) in [6.45, 7) is 0. The second kappa shape index (κ2) is 10.7. The van der Waals surface area contributed by atoms with E-state index in [4.69, 9.17) is 14.7 Å². The number of pyridine rings is 2. The molecule has 1 aliphatic carbocycles. The molecule has 0 amide bonds. The highest BCUT2D eigenvalue weighted by Gasteiger charge is 2.53. The van der Waals surface area contributed by atoms with Crippen LogP contribution in [0.5, 0.6) is 11.5 Å². The quantitative estimate of drug-likeness (QED) is 0.180. The molecule has 3 aromatic heterocycles. The fourth-order valence-electron chi connectivity index (χ4n) is 9.00. The summed E-state index contributed by atoms with van der Waals surface area (Å²) in [6.07, 6.45) is 4.03. The fourth-order valence-corrected chi connectivity index (χ4v) is 10.1. The van der Waals surface area contributed by atoms with Crippen molar-refractivity contribution in [3.8, 4) is 28.6 Å². The van der Waals surface area contributed by atoms with E-state index in [1.54, 1.807) is 0 Å². The molecule has 0 saturated carbocycles. The Hall–Kier alpha value is -6.63. The summed E-state index contributed by atoms with van der Waals surface area (Å²) >= 11 is 1.81. The van der Waals surface area contributed by atoms with Crippen molar-refractivity contribution in [1.29, 1.82) is 0 Å². The first-order valence-corrected chi connectivity index (χ1v) is 18.6. The van der Waals surface area contributed by atoms with Crippen molar-refractivity contribution < 1.29 is 4.74 Å². The molecule has 0 bridgehead atoms. The third-order valence-electron chi connectivity index (χ3n) is 11.1. The van der Waals surface area contributed by atoms with E-state index in [1.807, 2.05) is 24.2 Å². The number of aromatic nitrogens is 3. The second-order valence-electron chi connectivity index (χ2n) is 13.8. The molecule has 3 aliphatic rings. The lowest BCUT2D eigenvalue weighted by atomic mass is 9.66. The van der Waals surface area contributed by atoms with E-state index in [1.165, 1.54) is 20.6 Å². The van der Waals surface area contributed by atoms with E-state index in [0.717, 1.165) is 78.9 Å². The van der Waals surface area contributed by atoms with Crippen molar-refractivity contribution in [3.05, 3.63) is 192 Å². The third kappa shape index (κ3) is 3.82. The van der Waals surface area contributed by atoms with Crippen molar-refractivity contribution in [1.82, 2.24) is 14.5 Å². The summed E-state index contributed by atoms with van der Waals surface area (Å²) in [7, 11) is 0. The zero-order chi connectivity index (χ0) is 34.7. The van der Waals surface area contributed by atoms with Crippen molar-refractivity contribution in [2.45, 2.75) is 15.2 Å². The molecule has 6 heteroatoms. The first-order chi connectivity index (χ1) is 26.3. The second-order valence-corrected chi connectivity index (χ2v) is 14.9. The summed E-state index contributed by atoms with van der Waals surface area (Å²) in [5.74, 6) is 1.67. The van der Waals surface area contributed by atoms with Gasteiger partial charge in [0.05, 0.1) is 63.0 Å². The van der Waals surface area contributed by atoms with Crippen LogP contribution in [-0.4, -0.2) is 14.5 Å². The molecule has 0 atom stereocenters. The average molecular weight is 697 g/mol. The van der Waals surface area contributed by atoms with Gasteiger partial charge in [-0.05, 0) is 60.7 Å². The Balaban J connectivity index is 1.18. The van der Waals surface area contributed by atoms with Crippen LogP contribution in [0, 0.1) is 0 Å². The van der Waals surface area contributed by atoms with Gasteiger partial charge in [-0.2, -0.15) is 0 Å². The number of nitrogens with zero attached hydrogens (tertiary/aromatic N) is 4. The van der Waals surface area contributed by atoms with Gasteiger partial charge in [0.15, 0.2) is 0 Å². The maximum Gasteiger partial charge on any atom is 0.132 e. The van der Waals surface area contributed by atoms with Crippen LogP contribution in [-0.2, 0) is 5.41 Å². The van der Waals surface area contributed by atoms with Crippen LogP contribution in [0.15, 0.2) is 180 Å². The Kier molecular flexibility index (Phi) is 5.85. The Morgan fingerprint density at radius 3 is 1.55 bits per heavy atom. The van der Waals surface area contributed by atoms with Gasteiger partial charge in [-0.25, -0.2) is 0 Å². The van der Waals surface area contributed by atoms with Gasteiger partial charge in [0.1, 0.15) is 11.5 Å². The molecule has 5 heterocycles. The largest absolute Gasteiger partial charge is 0.457 e. The van der Waals surface area contributed by atoms with Crippen molar-refractivity contribution in [2.24, 2.45) is 0 Å². The van der Waals surface area contributed by atoms with E-state index >= 15 is 0 Å². The SMILES string of the molecule is c1ccc2c(c1)Oc1ccccc1C21c2cc(N3c4ccccc4Sc4ccccc43)cnc2-c2ncc(-n3c4ccccc4c4ccccc43)cc21. The summed E-state index contributed by atoms with van der Waals surface area (Å²) < 4.78 is 9.04. The van der Waals surface area contributed by atoms with Crippen molar-refractivity contribution in [2.75, 3.05) is 4.90 Å². The van der Waals surface area contributed by atoms with Gasteiger partial charge in [0, 0.05) is 42.8 Å². The highest BCUT2D eigenvalue weighted by molar-refractivity contribution is 7.99. The molecular weight excluding hydrogens is 669 g/mol. The third-order valence-corrected chi connectivity index (χ3v) is 12.2. The standard InChI is InChI=1S/C47H28N4OS/c1-5-17-37-31(13-1)32-14-2-6-18-38(32)50(37)29-25-35-45(48-27-29)46-36(47(35)33-15-3-9-21-41(33)52-42-22-10-4-16-34(42)47)26-30(28-49-46)51-39-19-7-11-23-43(39)53-44-24-12-8-20-40(44)51/h1-28H. The molecule has 0 fully saturated rings. The van der Waals surface area contributed by atoms with Gasteiger partial charge in [-0.1, -0.05) is 109 Å². The summed E-state index contributed by atoms with van der Waals surface area (Å²) in [6, 6.07) is 56.2. The van der Waals surface area contributed by atoms with Crippen molar-refractivity contribution >= 4 is 50.6 Å². The summed E-state index contributed by atoms with van der Waals surface area (Å²) in [5, 5.41) is 2.44. The molecule has 5 nitrogen and oxygen atoms in total. The van der Waals surface area contributed by atoms with E-state index in [-0.39, 0.29) is 0 Å². The molecule has 0 radical (unpaired) electrons. The van der Waals surface area contributed by atoms with Crippen LogP contribution >= 0.6 is 11.8 Å². The summed E-state index contributed by atoms with van der Waals surface area (Å²) in [5.41, 5.74) is 11.9. The Morgan fingerprint density at radius 2 is 0.943 bits per heavy atom. The van der Waals surface area contributed by atoms with Gasteiger partial charge >= 0.3 is 0 Å². The molecule has 0 saturated heterocycles. The smallest absolute Gasteiger partial charge is 0.132 e. The highest BCUT2D eigenvalue weighted by Crippen LogP contribution is 2.62. The summed E-state index contributed by atoms with van der Waals surface area (Å²) in [4.78, 5) is 15.5. The van der Waals surface area contributed by atoms with Crippen LogP contribution in [0.3, 0.4) is 0 Å². The molecule has 248 valence electrons. The number of para-hydroxylation sites is 6. The van der Waals surface area contributed by atoms with Crippen LogP contribution in [0.25, 0.3) is 38.9 Å². The lowest BCUT2D eigenvalue weighted by Gasteiger charge is -2.39. The Bertz CT molecular complexity index is 2860. The molecule has 12 rings (SSSR count).